The second-order valence-electron chi connectivity index (χ2n) is 2.20. The molecule has 1 aromatic heterocycles. The molecule has 0 amide bonds. The number of benzene rings is 1. The highest BCUT2D eigenvalue weighted by atomic mass is 32.1. The third kappa shape index (κ3) is 6.46. The van der Waals surface area contributed by atoms with Crippen molar-refractivity contribution in [3.05, 3.63) is 42.6 Å². The van der Waals surface area contributed by atoms with E-state index in [1.165, 1.54) is 5.39 Å². The largest absolute Gasteiger partial charge is 0.256 e. The Bertz CT molecular complexity index is 282. The van der Waals surface area contributed by atoms with Gasteiger partial charge in [0.1, 0.15) is 0 Å². The molecule has 0 unspecified atom stereocenters. The fraction of sp³-hybridized carbons (Fsp3) is 0.357. The Morgan fingerprint density at radius 3 is 1.88 bits per heavy atom. The lowest BCUT2D eigenvalue weighted by Crippen LogP contribution is -1.73. The van der Waals surface area contributed by atoms with Gasteiger partial charge in [-0.15, -0.1) is 0 Å². The molecular weight excluding hydrogens is 214 g/mol. The summed E-state index contributed by atoms with van der Waals surface area (Å²) in [5, 5.41) is 1.20. The number of nitrogens with zero attached hydrogens (tertiary/aromatic N) is 1. The zero-order valence-corrected chi connectivity index (χ0v) is 11.8. The molecule has 2 aromatic rings. The summed E-state index contributed by atoms with van der Waals surface area (Å²) >= 11 is 3.53. The van der Waals surface area contributed by atoms with Crippen LogP contribution in [0.1, 0.15) is 27.7 Å². The van der Waals surface area contributed by atoms with Gasteiger partial charge < -0.3 is 0 Å². The van der Waals surface area contributed by atoms with Crippen LogP contribution in [0.15, 0.2) is 42.6 Å². The van der Waals surface area contributed by atoms with E-state index in [1.54, 1.807) is 6.26 Å². The first-order chi connectivity index (χ1) is 7.97. The molecule has 1 aromatic carbocycles. The van der Waals surface area contributed by atoms with Crippen molar-refractivity contribution in [2.75, 3.05) is 6.26 Å². The van der Waals surface area contributed by atoms with E-state index in [2.05, 4.69) is 29.7 Å². The van der Waals surface area contributed by atoms with Crippen molar-refractivity contribution in [3.8, 4) is 0 Å². The summed E-state index contributed by atoms with van der Waals surface area (Å²) in [6.07, 6.45) is 3.50. The lowest BCUT2D eigenvalue weighted by molar-refractivity contribution is 1.41. The Kier molecular flexibility index (Phi) is 15.2. The van der Waals surface area contributed by atoms with Crippen molar-refractivity contribution < 1.29 is 0 Å². The molecule has 2 rings (SSSR count). The molecule has 16 heavy (non-hydrogen) atoms. The fourth-order valence-electron chi connectivity index (χ4n) is 1.02. The monoisotopic (exact) mass is 237 g/mol. The molecule has 0 radical (unpaired) electrons. The quantitative estimate of drug-likeness (QED) is 0.647. The van der Waals surface area contributed by atoms with Crippen molar-refractivity contribution in [2.45, 2.75) is 27.7 Å². The molecule has 0 bridgehead atoms. The standard InChI is InChI=1S/C9H7N.2C2H6.CH4S/c1-2-6-9-8(4-1)5-3-7-10-9;3*1-2/h1-7H;2*1-2H3;2H,1H3. The van der Waals surface area contributed by atoms with Gasteiger partial charge in [0.25, 0.3) is 0 Å². The van der Waals surface area contributed by atoms with Gasteiger partial charge in [-0.3, -0.25) is 4.98 Å². The van der Waals surface area contributed by atoms with Gasteiger partial charge >= 0.3 is 0 Å². The van der Waals surface area contributed by atoms with Crippen molar-refractivity contribution >= 4 is 23.5 Å². The van der Waals surface area contributed by atoms with Gasteiger partial charge in [0.05, 0.1) is 5.52 Å². The first-order valence-electron chi connectivity index (χ1n) is 5.71. The summed E-state index contributed by atoms with van der Waals surface area (Å²) < 4.78 is 0. The predicted molar refractivity (Wildman–Crippen MR) is 79.3 cm³/mol. The van der Waals surface area contributed by atoms with Gasteiger partial charge in [-0.05, 0) is 18.4 Å². The first kappa shape index (κ1) is 17.4. The van der Waals surface area contributed by atoms with Crippen LogP contribution in [-0.4, -0.2) is 11.2 Å². The van der Waals surface area contributed by atoms with Gasteiger partial charge in [0, 0.05) is 11.6 Å². The Labute approximate surface area is 105 Å². The highest BCUT2D eigenvalue weighted by Crippen LogP contribution is 2.07. The van der Waals surface area contributed by atoms with Crippen molar-refractivity contribution in [1.29, 1.82) is 0 Å². The maximum Gasteiger partial charge on any atom is 0.0701 e. The zero-order chi connectivity index (χ0) is 12.8. The number of para-hydroxylation sites is 1. The number of rotatable bonds is 0. The van der Waals surface area contributed by atoms with Crippen molar-refractivity contribution in [3.63, 3.8) is 0 Å². The molecule has 0 aliphatic rings. The van der Waals surface area contributed by atoms with Crippen molar-refractivity contribution in [2.24, 2.45) is 0 Å². The molecular formula is C14H23NS. The summed E-state index contributed by atoms with van der Waals surface area (Å²) in [6, 6.07) is 12.1. The third-order valence-electron chi connectivity index (χ3n) is 1.51. The summed E-state index contributed by atoms with van der Waals surface area (Å²) in [5.74, 6) is 0. The minimum Gasteiger partial charge on any atom is -0.256 e. The number of pyridine rings is 1. The van der Waals surface area contributed by atoms with E-state index >= 15 is 0 Å². The number of hydrogen-bond donors (Lipinski definition) is 1. The van der Waals surface area contributed by atoms with Gasteiger partial charge in [0.2, 0.25) is 0 Å². The molecule has 0 aliphatic heterocycles. The van der Waals surface area contributed by atoms with Crippen LogP contribution < -0.4 is 0 Å². The van der Waals surface area contributed by atoms with E-state index in [9.17, 15) is 0 Å². The minimum atomic E-state index is 1.06. The van der Waals surface area contributed by atoms with Gasteiger partial charge in [0.15, 0.2) is 0 Å². The maximum atomic E-state index is 4.18. The Morgan fingerprint density at radius 2 is 1.31 bits per heavy atom. The van der Waals surface area contributed by atoms with E-state index in [0.717, 1.165) is 5.52 Å². The number of fused-ring (bicyclic) bond motifs is 1. The van der Waals surface area contributed by atoms with E-state index < -0.39 is 0 Å². The lowest BCUT2D eigenvalue weighted by Gasteiger charge is -1.91. The van der Waals surface area contributed by atoms with Gasteiger partial charge in [-0.1, -0.05) is 52.0 Å². The highest BCUT2D eigenvalue weighted by Gasteiger charge is 1.86. The van der Waals surface area contributed by atoms with Crippen LogP contribution >= 0.6 is 12.6 Å². The summed E-state index contributed by atoms with van der Waals surface area (Å²) in [4.78, 5) is 4.18. The number of thiol groups is 1. The molecule has 0 aliphatic carbocycles. The van der Waals surface area contributed by atoms with Crippen LogP contribution in [0.2, 0.25) is 0 Å². The van der Waals surface area contributed by atoms with Crippen LogP contribution in [0.3, 0.4) is 0 Å². The molecule has 2 heteroatoms. The van der Waals surface area contributed by atoms with Gasteiger partial charge in [-0.25, -0.2) is 0 Å². The van der Waals surface area contributed by atoms with E-state index in [0.29, 0.717) is 0 Å². The SMILES string of the molecule is CC.CC.CS.c1ccc2ncccc2c1. The van der Waals surface area contributed by atoms with Crippen LogP contribution in [-0.2, 0) is 0 Å². The van der Waals surface area contributed by atoms with E-state index in [1.807, 2.05) is 58.2 Å². The smallest absolute Gasteiger partial charge is 0.0701 e. The Morgan fingerprint density at radius 1 is 0.812 bits per heavy atom. The molecule has 0 spiro atoms. The average molecular weight is 237 g/mol. The molecule has 1 nitrogen and oxygen atoms in total. The normalized spacial score (nSPS) is 7.38. The van der Waals surface area contributed by atoms with Crippen LogP contribution in [0.25, 0.3) is 10.9 Å². The number of hydrogen-bond acceptors (Lipinski definition) is 2. The molecule has 0 saturated carbocycles. The molecule has 0 N–H and O–H groups in total. The second kappa shape index (κ2) is 14.0. The fourth-order valence-corrected chi connectivity index (χ4v) is 1.02. The Balaban J connectivity index is 0. The summed E-state index contributed by atoms with van der Waals surface area (Å²) in [6.45, 7) is 8.00. The predicted octanol–water partition coefficient (Wildman–Crippen LogP) is 4.83. The second-order valence-corrected chi connectivity index (χ2v) is 2.20. The Hall–Kier alpha value is -1.02. The van der Waals surface area contributed by atoms with Crippen molar-refractivity contribution in [1.82, 2.24) is 4.98 Å². The van der Waals surface area contributed by atoms with Crippen LogP contribution in [0.4, 0.5) is 0 Å². The summed E-state index contributed by atoms with van der Waals surface area (Å²) in [7, 11) is 0. The molecule has 0 fully saturated rings. The van der Waals surface area contributed by atoms with Gasteiger partial charge in [-0.2, -0.15) is 12.6 Å². The molecule has 0 atom stereocenters. The van der Waals surface area contributed by atoms with E-state index in [4.69, 9.17) is 0 Å². The maximum absolute atomic E-state index is 4.18. The van der Waals surface area contributed by atoms with E-state index in [-0.39, 0.29) is 0 Å². The average Bonchev–Trinajstić information content (AvgIpc) is 2.45. The zero-order valence-electron chi connectivity index (χ0n) is 10.9. The molecule has 0 saturated heterocycles. The molecule has 90 valence electrons. The highest BCUT2D eigenvalue weighted by molar-refractivity contribution is 7.79. The molecule has 1 heterocycles. The number of aromatic nitrogens is 1. The third-order valence-corrected chi connectivity index (χ3v) is 1.51. The minimum absolute atomic E-state index is 1.06. The summed E-state index contributed by atoms with van der Waals surface area (Å²) in [5.41, 5.74) is 1.06. The first-order valence-corrected chi connectivity index (χ1v) is 6.61. The van der Waals surface area contributed by atoms with Crippen LogP contribution in [0, 0.1) is 0 Å². The van der Waals surface area contributed by atoms with Crippen LogP contribution in [0.5, 0.6) is 0 Å². The topological polar surface area (TPSA) is 12.9 Å². The lowest BCUT2D eigenvalue weighted by atomic mass is 10.2.